The van der Waals surface area contributed by atoms with E-state index in [0.717, 1.165) is 6.42 Å². The molecule has 0 heterocycles. The molecule has 0 N–H and O–H groups in total. The lowest BCUT2D eigenvalue weighted by Crippen LogP contribution is -2.23. The van der Waals surface area contributed by atoms with Crippen LogP contribution in [0.2, 0.25) is 0 Å². The normalized spacial score (nSPS) is 9.69. The Bertz CT molecular complexity index is 274. The standard InChI is InChI=1S/C10H13NOS/c1-11(10(12)13)8-7-9-5-3-2-4-6-9/h2-6H,7-8H2,1H3,(H,12,13). The fraction of sp³-hybridized carbons (Fsp3) is 0.300. The third-order valence-electron chi connectivity index (χ3n) is 1.91. The second-order valence-corrected chi connectivity index (χ2v) is 3.32. The summed E-state index contributed by atoms with van der Waals surface area (Å²) in [7, 11) is 1.75. The van der Waals surface area contributed by atoms with Gasteiger partial charge < -0.3 is 4.90 Å². The van der Waals surface area contributed by atoms with Crippen molar-refractivity contribution < 1.29 is 4.79 Å². The van der Waals surface area contributed by atoms with Gasteiger partial charge in [-0.25, -0.2) is 0 Å². The third-order valence-corrected chi connectivity index (χ3v) is 2.25. The van der Waals surface area contributed by atoms with E-state index in [9.17, 15) is 4.79 Å². The van der Waals surface area contributed by atoms with E-state index in [2.05, 4.69) is 24.8 Å². The summed E-state index contributed by atoms with van der Waals surface area (Å²) in [4.78, 5) is 12.3. The Labute approximate surface area is 84.0 Å². The van der Waals surface area contributed by atoms with Gasteiger partial charge in [0.05, 0.1) is 0 Å². The number of rotatable bonds is 3. The molecule has 1 amide bonds. The van der Waals surface area contributed by atoms with E-state index in [1.54, 1.807) is 11.9 Å². The van der Waals surface area contributed by atoms with Crippen LogP contribution in [-0.4, -0.2) is 23.7 Å². The molecule has 0 fully saturated rings. The van der Waals surface area contributed by atoms with Crippen molar-refractivity contribution in [1.29, 1.82) is 0 Å². The fourth-order valence-electron chi connectivity index (χ4n) is 1.04. The summed E-state index contributed by atoms with van der Waals surface area (Å²) in [6, 6.07) is 10.1. The number of carbonyl (C=O) groups is 1. The number of thiol groups is 1. The molecule has 0 aliphatic rings. The molecule has 0 saturated heterocycles. The van der Waals surface area contributed by atoms with Gasteiger partial charge >= 0.3 is 0 Å². The van der Waals surface area contributed by atoms with Crippen molar-refractivity contribution in [1.82, 2.24) is 4.90 Å². The van der Waals surface area contributed by atoms with E-state index in [1.807, 2.05) is 18.2 Å². The van der Waals surface area contributed by atoms with Crippen molar-refractivity contribution in [2.45, 2.75) is 6.42 Å². The number of hydrogen-bond acceptors (Lipinski definition) is 1. The number of hydrogen-bond donors (Lipinski definition) is 1. The Kier molecular flexibility index (Phi) is 3.83. The van der Waals surface area contributed by atoms with E-state index >= 15 is 0 Å². The summed E-state index contributed by atoms with van der Waals surface area (Å²) in [6.45, 7) is 0.715. The molecule has 0 aliphatic heterocycles. The lowest BCUT2D eigenvalue weighted by atomic mass is 10.1. The Morgan fingerprint density at radius 2 is 2.00 bits per heavy atom. The van der Waals surface area contributed by atoms with Crippen LogP contribution in [0.3, 0.4) is 0 Å². The fourth-order valence-corrected chi connectivity index (χ4v) is 1.14. The molecule has 2 nitrogen and oxygen atoms in total. The zero-order chi connectivity index (χ0) is 9.68. The summed E-state index contributed by atoms with van der Waals surface area (Å²) < 4.78 is 0. The highest BCUT2D eigenvalue weighted by molar-refractivity contribution is 7.96. The highest BCUT2D eigenvalue weighted by atomic mass is 32.1. The van der Waals surface area contributed by atoms with E-state index in [4.69, 9.17) is 0 Å². The van der Waals surface area contributed by atoms with E-state index < -0.39 is 0 Å². The maximum absolute atomic E-state index is 10.8. The molecule has 0 aliphatic carbocycles. The minimum atomic E-state index is -0.184. The van der Waals surface area contributed by atoms with Crippen molar-refractivity contribution in [2.24, 2.45) is 0 Å². The van der Waals surface area contributed by atoms with Gasteiger partial charge in [0.15, 0.2) is 0 Å². The van der Waals surface area contributed by atoms with Crippen LogP contribution in [0.1, 0.15) is 5.56 Å². The highest BCUT2D eigenvalue weighted by Gasteiger charge is 2.01. The number of benzene rings is 1. The third kappa shape index (κ3) is 3.51. The first-order valence-corrected chi connectivity index (χ1v) is 4.63. The topological polar surface area (TPSA) is 20.3 Å². The molecule has 3 heteroatoms. The van der Waals surface area contributed by atoms with Gasteiger partial charge in [0.2, 0.25) is 0 Å². The molecule has 0 aromatic heterocycles. The first kappa shape index (κ1) is 10.1. The average molecular weight is 195 g/mol. The highest BCUT2D eigenvalue weighted by Crippen LogP contribution is 2.01. The Morgan fingerprint density at radius 3 is 2.54 bits per heavy atom. The smallest absolute Gasteiger partial charge is 0.278 e. The summed E-state index contributed by atoms with van der Waals surface area (Å²) in [5.41, 5.74) is 1.24. The van der Waals surface area contributed by atoms with Crippen molar-refractivity contribution in [3.63, 3.8) is 0 Å². The van der Waals surface area contributed by atoms with Crippen molar-refractivity contribution in [3.8, 4) is 0 Å². The maximum Gasteiger partial charge on any atom is 0.278 e. The Hall–Kier alpha value is -0.960. The monoisotopic (exact) mass is 195 g/mol. The molecule has 0 bridgehead atoms. The quantitative estimate of drug-likeness (QED) is 0.733. The van der Waals surface area contributed by atoms with Crippen molar-refractivity contribution >= 4 is 17.9 Å². The number of likely N-dealkylation sites (N-methyl/N-ethyl adjacent to an activating group) is 1. The summed E-state index contributed by atoms with van der Waals surface area (Å²) in [5.74, 6) is 0. The van der Waals surface area contributed by atoms with Gasteiger partial charge in [-0.2, -0.15) is 0 Å². The van der Waals surface area contributed by atoms with Gasteiger partial charge in [0, 0.05) is 13.6 Å². The van der Waals surface area contributed by atoms with Crippen molar-refractivity contribution in [3.05, 3.63) is 35.9 Å². The van der Waals surface area contributed by atoms with Crippen LogP contribution >= 0.6 is 12.6 Å². The predicted molar refractivity (Wildman–Crippen MR) is 57.2 cm³/mol. The number of carbonyl (C=O) groups excluding carboxylic acids is 1. The minimum Gasteiger partial charge on any atom is -0.337 e. The largest absolute Gasteiger partial charge is 0.337 e. The van der Waals surface area contributed by atoms with Crippen LogP contribution in [0.4, 0.5) is 4.79 Å². The molecule has 13 heavy (non-hydrogen) atoms. The van der Waals surface area contributed by atoms with Gasteiger partial charge in [-0.3, -0.25) is 4.79 Å². The van der Waals surface area contributed by atoms with Gasteiger partial charge in [0.25, 0.3) is 5.24 Å². The van der Waals surface area contributed by atoms with Crippen molar-refractivity contribution in [2.75, 3.05) is 13.6 Å². The zero-order valence-electron chi connectivity index (χ0n) is 7.60. The lowest BCUT2D eigenvalue weighted by molar-refractivity contribution is 0.234. The number of amides is 1. The second-order valence-electron chi connectivity index (χ2n) is 2.94. The van der Waals surface area contributed by atoms with Crippen LogP contribution in [0, 0.1) is 0 Å². The Balaban J connectivity index is 2.39. The van der Waals surface area contributed by atoms with Gasteiger partial charge in [-0.1, -0.05) is 43.0 Å². The molecule has 0 saturated carbocycles. The summed E-state index contributed by atoms with van der Waals surface area (Å²) >= 11 is 3.73. The SMILES string of the molecule is CN(CCc1ccccc1)C(=O)S. The van der Waals surface area contributed by atoms with E-state index in [-0.39, 0.29) is 5.24 Å². The molecule has 1 aromatic rings. The molecule has 70 valence electrons. The molecular weight excluding hydrogens is 182 g/mol. The zero-order valence-corrected chi connectivity index (χ0v) is 8.50. The predicted octanol–water partition coefficient (Wildman–Crippen LogP) is 2.21. The number of nitrogens with zero attached hydrogens (tertiary/aromatic N) is 1. The van der Waals surface area contributed by atoms with Gasteiger partial charge in [-0.05, 0) is 12.0 Å². The van der Waals surface area contributed by atoms with Crippen LogP contribution in [0.25, 0.3) is 0 Å². The first-order valence-electron chi connectivity index (χ1n) is 4.18. The van der Waals surface area contributed by atoms with E-state index in [0.29, 0.717) is 6.54 Å². The molecule has 1 aromatic carbocycles. The summed E-state index contributed by atoms with van der Waals surface area (Å²) in [5, 5.41) is -0.184. The van der Waals surface area contributed by atoms with Crippen LogP contribution in [-0.2, 0) is 6.42 Å². The molecule has 0 radical (unpaired) electrons. The average Bonchev–Trinajstić information content (AvgIpc) is 2.15. The molecule has 0 unspecified atom stereocenters. The maximum atomic E-state index is 10.8. The first-order chi connectivity index (χ1) is 6.20. The second kappa shape index (κ2) is 4.92. The van der Waals surface area contributed by atoms with Crippen LogP contribution in [0.5, 0.6) is 0 Å². The molecule has 0 spiro atoms. The molecular formula is C10H13NOS. The van der Waals surface area contributed by atoms with E-state index in [1.165, 1.54) is 5.56 Å². The van der Waals surface area contributed by atoms with Crippen LogP contribution in [0.15, 0.2) is 30.3 Å². The van der Waals surface area contributed by atoms with Gasteiger partial charge in [0.1, 0.15) is 0 Å². The summed E-state index contributed by atoms with van der Waals surface area (Å²) in [6.07, 6.45) is 0.879. The molecule has 1 rings (SSSR count). The molecule has 0 atom stereocenters. The lowest BCUT2D eigenvalue weighted by Gasteiger charge is -2.13. The van der Waals surface area contributed by atoms with Crippen LogP contribution < -0.4 is 0 Å². The Morgan fingerprint density at radius 1 is 1.38 bits per heavy atom. The minimum absolute atomic E-state index is 0.184. The van der Waals surface area contributed by atoms with Gasteiger partial charge in [-0.15, -0.1) is 0 Å².